The second-order valence-corrected chi connectivity index (χ2v) is 16.7. The number of likely N-dealkylation sites (tertiary alicyclic amines) is 1. The molecule has 9 rings (SSSR count). The number of anilines is 3. The van der Waals surface area contributed by atoms with E-state index in [1.165, 1.54) is 0 Å². The van der Waals surface area contributed by atoms with E-state index in [-0.39, 0.29) is 47.4 Å². The Bertz CT molecular complexity index is 2190. The molecule has 0 saturated carbocycles. The van der Waals surface area contributed by atoms with Crippen molar-refractivity contribution >= 4 is 63.9 Å². The van der Waals surface area contributed by atoms with Crippen molar-refractivity contribution in [1.82, 2.24) is 20.4 Å². The third-order valence-corrected chi connectivity index (χ3v) is 13.1. The van der Waals surface area contributed by atoms with Gasteiger partial charge in [-0.1, -0.05) is 17.7 Å². The fourth-order valence-electron chi connectivity index (χ4n) is 9.56. The summed E-state index contributed by atoms with van der Waals surface area (Å²) in [4.78, 5) is 76.9. The molecule has 3 aromatic carbocycles. The zero-order chi connectivity index (χ0) is 38.9. The lowest BCUT2D eigenvalue weighted by Crippen LogP contribution is -2.68. The van der Waals surface area contributed by atoms with E-state index in [4.69, 9.17) is 18.2 Å². The van der Waals surface area contributed by atoms with Crippen LogP contribution in [0.25, 0.3) is 4.85 Å². The van der Waals surface area contributed by atoms with Crippen LogP contribution >= 0.6 is 11.6 Å². The zero-order valence-corrected chi connectivity index (χ0v) is 31.9. The molecule has 6 aliphatic rings. The SMILES string of the molecule is [C-]#[N+]c1ccc(N2CC3(CCN(c4ccc(C(=O)N5CC(NC6CN(c7ccc8c(c7)C(=O)N(C7CCC(=O)NC7=O)C8=O)C6)C5)cc4)CC3)C[C@@H]2C)cc1Cl. The van der Waals surface area contributed by atoms with Crippen LogP contribution < -0.4 is 25.3 Å². The number of nitrogens with zero attached hydrogens (tertiary/aromatic N) is 6. The lowest BCUT2D eigenvalue weighted by molar-refractivity contribution is -0.136. The van der Waals surface area contributed by atoms with E-state index in [0.717, 1.165) is 73.9 Å². The number of imide groups is 2. The maximum atomic E-state index is 13.3. The van der Waals surface area contributed by atoms with Crippen LogP contribution in [0.3, 0.4) is 0 Å². The minimum Gasteiger partial charge on any atom is -0.371 e. The van der Waals surface area contributed by atoms with Crippen LogP contribution in [0.2, 0.25) is 5.02 Å². The van der Waals surface area contributed by atoms with Gasteiger partial charge in [0.2, 0.25) is 17.5 Å². The molecule has 5 fully saturated rings. The van der Waals surface area contributed by atoms with Crippen LogP contribution in [0.1, 0.15) is 70.1 Å². The number of carbonyl (C=O) groups is 5. The van der Waals surface area contributed by atoms with Gasteiger partial charge in [0.25, 0.3) is 17.7 Å². The van der Waals surface area contributed by atoms with Gasteiger partial charge < -0.3 is 24.9 Å². The van der Waals surface area contributed by atoms with Gasteiger partial charge in [-0.05, 0) is 92.6 Å². The molecular weight excluding hydrogens is 732 g/mol. The monoisotopic (exact) mass is 774 g/mol. The Balaban J connectivity index is 0.724. The normalized spacial score (nSPS) is 23.6. The first-order valence-corrected chi connectivity index (χ1v) is 19.8. The molecule has 0 bridgehead atoms. The Morgan fingerprint density at radius 1 is 0.857 bits per heavy atom. The van der Waals surface area contributed by atoms with Crippen molar-refractivity contribution in [2.45, 2.75) is 63.2 Å². The van der Waals surface area contributed by atoms with Crippen LogP contribution in [0, 0.1) is 12.0 Å². The van der Waals surface area contributed by atoms with Crippen molar-refractivity contribution in [2.75, 3.05) is 60.5 Å². The molecule has 3 aromatic rings. The Labute approximate surface area is 330 Å². The highest BCUT2D eigenvalue weighted by Gasteiger charge is 2.46. The second-order valence-electron chi connectivity index (χ2n) is 16.3. The molecule has 1 spiro atoms. The van der Waals surface area contributed by atoms with Gasteiger partial charge in [-0.2, -0.15) is 0 Å². The lowest BCUT2D eigenvalue weighted by atomic mass is 9.76. The first-order valence-electron chi connectivity index (χ1n) is 19.4. The average Bonchev–Trinajstić information content (AvgIpc) is 3.61. The van der Waals surface area contributed by atoms with E-state index in [1.54, 1.807) is 12.1 Å². The van der Waals surface area contributed by atoms with Gasteiger partial charge in [-0.3, -0.25) is 34.2 Å². The molecule has 0 aliphatic carbocycles. The number of carbonyl (C=O) groups excluding carboxylic acids is 5. The predicted octanol–water partition coefficient (Wildman–Crippen LogP) is 4.48. The van der Waals surface area contributed by atoms with Crippen molar-refractivity contribution in [1.29, 1.82) is 0 Å². The van der Waals surface area contributed by atoms with Crippen molar-refractivity contribution < 1.29 is 24.0 Å². The van der Waals surface area contributed by atoms with Crippen molar-refractivity contribution in [3.8, 4) is 0 Å². The van der Waals surface area contributed by atoms with E-state index in [1.807, 2.05) is 41.3 Å². The summed E-state index contributed by atoms with van der Waals surface area (Å²) in [6.07, 6.45) is 3.54. The molecule has 14 heteroatoms. The summed E-state index contributed by atoms with van der Waals surface area (Å²) in [6.45, 7) is 15.2. The first-order chi connectivity index (χ1) is 27.0. The summed E-state index contributed by atoms with van der Waals surface area (Å²) in [6, 6.07) is 18.8. The number of hydrogen-bond donors (Lipinski definition) is 2. The largest absolute Gasteiger partial charge is 0.371 e. The summed E-state index contributed by atoms with van der Waals surface area (Å²) in [5.74, 6) is -2.00. The van der Waals surface area contributed by atoms with Crippen LogP contribution in [-0.2, 0) is 9.59 Å². The Morgan fingerprint density at radius 3 is 2.23 bits per heavy atom. The minimum atomic E-state index is -0.985. The quantitative estimate of drug-likeness (QED) is 0.264. The van der Waals surface area contributed by atoms with E-state index < -0.39 is 29.7 Å². The fraction of sp³-hybridized carbons (Fsp3) is 0.429. The van der Waals surface area contributed by atoms with Gasteiger partial charge in [0.05, 0.1) is 17.7 Å². The summed E-state index contributed by atoms with van der Waals surface area (Å²) >= 11 is 6.37. The molecule has 5 amide bonds. The highest BCUT2D eigenvalue weighted by atomic mass is 35.5. The van der Waals surface area contributed by atoms with Gasteiger partial charge in [-0.25, -0.2) is 4.85 Å². The summed E-state index contributed by atoms with van der Waals surface area (Å²) < 4.78 is 0. The van der Waals surface area contributed by atoms with Crippen molar-refractivity contribution in [2.24, 2.45) is 5.41 Å². The fourth-order valence-corrected chi connectivity index (χ4v) is 9.78. The van der Waals surface area contributed by atoms with Gasteiger partial charge >= 0.3 is 0 Å². The number of hydrogen-bond acceptors (Lipinski definition) is 9. The maximum absolute atomic E-state index is 13.3. The molecule has 2 N–H and O–H groups in total. The number of benzene rings is 3. The molecule has 288 valence electrons. The van der Waals surface area contributed by atoms with Crippen molar-refractivity contribution in [3.05, 3.63) is 93.8 Å². The third-order valence-electron chi connectivity index (χ3n) is 12.8. The third kappa shape index (κ3) is 6.34. The molecule has 0 radical (unpaired) electrons. The number of halogens is 1. The molecule has 1 unspecified atom stereocenters. The first kappa shape index (κ1) is 36.2. The van der Waals surface area contributed by atoms with E-state index in [9.17, 15) is 24.0 Å². The minimum absolute atomic E-state index is 0.0377. The maximum Gasteiger partial charge on any atom is 0.262 e. The molecule has 2 atom stereocenters. The predicted molar refractivity (Wildman–Crippen MR) is 211 cm³/mol. The molecule has 6 aliphatic heterocycles. The highest BCUT2D eigenvalue weighted by molar-refractivity contribution is 6.33. The van der Waals surface area contributed by atoms with E-state index in [0.29, 0.717) is 35.4 Å². The van der Waals surface area contributed by atoms with Crippen LogP contribution in [0.5, 0.6) is 0 Å². The summed E-state index contributed by atoms with van der Waals surface area (Å²) in [5.41, 5.74) is 5.04. The summed E-state index contributed by atoms with van der Waals surface area (Å²) in [7, 11) is 0. The Morgan fingerprint density at radius 2 is 1.54 bits per heavy atom. The Kier molecular flexibility index (Phi) is 9.01. The standard InChI is InChI=1S/C42H43ClN8O5/c1-25-19-42(24-50(25)31-8-10-35(44-2)34(43)18-31)13-15-47(16-14-42)29-5-3-26(4-6-29)39(54)49-22-28(23-49)45-27-20-48(21-27)30-7-9-32-33(17-30)41(56)51(40(32)55)36-11-12-37(52)46-38(36)53/h3-10,17-18,25,27-28,36,45H,11-16,19-24H2,1H3,(H,46,52,53)/t25-,36?/m0/s1. The molecule has 6 heterocycles. The number of fused-ring (bicyclic) bond motifs is 1. The average molecular weight is 775 g/mol. The van der Waals surface area contributed by atoms with Crippen LogP contribution in [-0.4, -0.2) is 109 Å². The van der Waals surface area contributed by atoms with E-state index >= 15 is 0 Å². The second kappa shape index (κ2) is 13.9. The molecule has 56 heavy (non-hydrogen) atoms. The molecular formula is C42H43ClN8O5. The smallest absolute Gasteiger partial charge is 0.262 e. The topological polar surface area (TPSA) is 130 Å². The molecule has 5 saturated heterocycles. The van der Waals surface area contributed by atoms with Crippen LogP contribution in [0.4, 0.5) is 22.7 Å². The highest BCUT2D eigenvalue weighted by Crippen LogP contribution is 2.46. The van der Waals surface area contributed by atoms with Crippen molar-refractivity contribution in [3.63, 3.8) is 0 Å². The molecule has 13 nitrogen and oxygen atoms in total. The van der Waals surface area contributed by atoms with Gasteiger partial charge in [0, 0.05) is 98.0 Å². The van der Waals surface area contributed by atoms with Gasteiger partial charge in [0.1, 0.15) is 6.04 Å². The Hall–Kier alpha value is -5.45. The zero-order valence-electron chi connectivity index (χ0n) is 31.2. The number of piperidine rings is 2. The molecule has 0 aromatic heterocycles. The van der Waals surface area contributed by atoms with Gasteiger partial charge in [-0.15, -0.1) is 0 Å². The van der Waals surface area contributed by atoms with Gasteiger partial charge in [0.15, 0.2) is 0 Å². The van der Waals surface area contributed by atoms with E-state index in [2.05, 4.69) is 49.2 Å². The lowest BCUT2D eigenvalue weighted by Gasteiger charge is -2.47. The number of amides is 5. The number of rotatable bonds is 7. The summed E-state index contributed by atoms with van der Waals surface area (Å²) in [5, 5.41) is 6.38. The number of nitrogens with one attached hydrogen (secondary N) is 2. The van der Waals surface area contributed by atoms with Crippen LogP contribution in [0.15, 0.2) is 60.7 Å².